The van der Waals surface area contributed by atoms with E-state index >= 15 is 0 Å². The molecule has 8 N–H and O–H groups in total. The van der Waals surface area contributed by atoms with Crippen LogP contribution in [0.1, 0.15) is 68.1 Å². The van der Waals surface area contributed by atoms with Crippen molar-refractivity contribution < 1.29 is 44.7 Å². The molecule has 5 rings (SSSR count). The molecule has 51 heavy (non-hydrogen) atoms. The summed E-state index contributed by atoms with van der Waals surface area (Å²) in [6, 6.07) is 10.4. The summed E-state index contributed by atoms with van der Waals surface area (Å²) < 4.78 is 0. The number of unbranched alkanes of at least 4 members (excludes halogenated alkanes) is 4. The lowest BCUT2D eigenvalue weighted by molar-refractivity contribution is -0.169. The predicted octanol–water partition coefficient (Wildman–Crippen LogP) is 3.38. The third-order valence-electron chi connectivity index (χ3n) is 10.7. The fourth-order valence-electron chi connectivity index (χ4n) is 8.07. The van der Waals surface area contributed by atoms with Crippen LogP contribution in [0.25, 0.3) is 5.76 Å². The Bertz CT molecular complexity index is 1820. The number of rotatable bonds is 12. The van der Waals surface area contributed by atoms with Crippen LogP contribution in [0.5, 0.6) is 5.75 Å². The molecule has 6 atom stereocenters. The van der Waals surface area contributed by atoms with Gasteiger partial charge in [-0.3, -0.25) is 24.1 Å². The molecule has 0 aromatic heterocycles. The molecule has 1 saturated carbocycles. The number of aliphatic hydroxyl groups excluding tert-OH is 3. The number of fused-ring (bicyclic) bond motifs is 3. The van der Waals surface area contributed by atoms with E-state index in [9.17, 15) is 44.7 Å². The maximum atomic E-state index is 14.2. The number of aromatic hydroxyl groups is 1. The first-order valence-electron chi connectivity index (χ1n) is 17.3. The monoisotopic (exact) mass is 721 g/mol. The van der Waals surface area contributed by atoms with Gasteiger partial charge in [-0.05, 0) is 75.1 Å². The highest BCUT2D eigenvalue weighted by Gasteiger charge is 2.68. The van der Waals surface area contributed by atoms with Gasteiger partial charge in [0.15, 0.2) is 11.4 Å². The molecule has 2 aromatic carbocycles. The first-order valence-corrected chi connectivity index (χ1v) is 19.5. The number of phenolic OH excluding ortho intramolecular Hbond substituents is 1. The summed E-state index contributed by atoms with van der Waals surface area (Å²) in [6.07, 6.45) is 4.14. The number of ketones is 2. The van der Waals surface area contributed by atoms with Gasteiger partial charge in [-0.1, -0.05) is 64.4 Å². The molecule has 3 aliphatic carbocycles. The van der Waals surface area contributed by atoms with Crippen molar-refractivity contribution in [3.63, 3.8) is 0 Å². The van der Waals surface area contributed by atoms with Crippen molar-refractivity contribution in [2.75, 3.05) is 32.7 Å². The van der Waals surface area contributed by atoms with Gasteiger partial charge in [-0.25, -0.2) is 0 Å². The zero-order chi connectivity index (χ0) is 37.5. The van der Waals surface area contributed by atoms with Crippen molar-refractivity contribution in [1.29, 1.82) is 0 Å². The quantitative estimate of drug-likeness (QED) is 0.0735. The van der Waals surface area contributed by atoms with Crippen LogP contribution < -0.4 is 16.4 Å². The van der Waals surface area contributed by atoms with Crippen LogP contribution >= 0.6 is 7.92 Å². The van der Waals surface area contributed by atoms with Crippen molar-refractivity contribution in [1.82, 2.24) is 4.90 Å². The first-order chi connectivity index (χ1) is 24.0. The molecular weight excluding hydrogens is 673 g/mol. The summed E-state index contributed by atoms with van der Waals surface area (Å²) in [6.45, 7) is 6.14. The van der Waals surface area contributed by atoms with Gasteiger partial charge < -0.3 is 36.6 Å². The molecule has 0 aliphatic heterocycles. The summed E-state index contributed by atoms with van der Waals surface area (Å²) >= 11 is 0. The van der Waals surface area contributed by atoms with Crippen molar-refractivity contribution in [3.05, 3.63) is 70.0 Å². The Balaban J connectivity index is 1.31. The molecule has 0 spiro atoms. The summed E-state index contributed by atoms with van der Waals surface area (Å²) in [5, 5.41) is 61.6. The number of nitrogens with two attached hydrogens (primary N) is 1. The normalized spacial score (nSPS) is 25.9. The van der Waals surface area contributed by atoms with E-state index in [4.69, 9.17) is 5.73 Å². The number of phenols is 1. The van der Waals surface area contributed by atoms with Gasteiger partial charge in [0.2, 0.25) is 11.7 Å². The Morgan fingerprint density at radius 2 is 1.67 bits per heavy atom. The molecule has 0 radical (unpaired) electrons. The van der Waals surface area contributed by atoms with E-state index in [0.717, 1.165) is 32.1 Å². The fourth-order valence-corrected chi connectivity index (χ4v) is 8.87. The lowest BCUT2D eigenvalue weighted by Gasteiger charge is -2.53. The number of nitrogens with zero attached hydrogens (tertiary/aromatic N) is 1. The second-order valence-corrected chi connectivity index (χ2v) is 16.7. The molecule has 2 amide bonds. The fraction of sp³-hybridized carbons (Fsp3) is 0.474. The Hall–Kier alpha value is -4.09. The average Bonchev–Trinajstić information content (AvgIpc) is 3.06. The number of amides is 2. The van der Waals surface area contributed by atoms with Crippen molar-refractivity contribution in [3.8, 4) is 5.75 Å². The third-order valence-corrected chi connectivity index (χ3v) is 12.0. The van der Waals surface area contributed by atoms with Gasteiger partial charge in [-0.15, -0.1) is 0 Å². The topological polar surface area (TPSA) is 211 Å². The standard InChI is InChI=1S/C38H48N3O9P/c1-19-22-16-17-23(40-24(42)15-10-8-6-7-9-12-20-13-11-14-21(18-20)51(4)5)31(43)26(22)32(44)27-25(19)33(45)29-30(41(2)3)34(46)28(37(39)49)36(48)38(29,50)35(27)47/h11,13-14,16-19,25,29-30,33,43-45,48,50H,6-10,12,15H2,1-5H3,(H2,39,49)(H,40,42)/t19-,25+,29+,30-,33-,38-/m0/s1. The lowest BCUT2D eigenvalue weighted by atomic mass is 9.54. The number of Topliss-reactive ketones (excluding diaryl/α,β-unsaturated/α-hetero) is 2. The zero-order valence-corrected chi connectivity index (χ0v) is 30.5. The summed E-state index contributed by atoms with van der Waals surface area (Å²) in [4.78, 5) is 53.9. The second kappa shape index (κ2) is 14.9. The number of hydrogen-bond acceptors (Lipinski definition) is 10. The zero-order valence-electron chi connectivity index (χ0n) is 29.6. The Morgan fingerprint density at radius 3 is 2.31 bits per heavy atom. The number of carbonyl (C=O) groups excluding carboxylic acids is 4. The van der Waals surface area contributed by atoms with Crippen molar-refractivity contribution >= 4 is 48.1 Å². The molecule has 3 aliphatic rings. The van der Waals surface area contributed by atoms with Crippen molar-refractivity contribution in [2.45, 2.75) is 75.5 Å². The molecule has 0 saturated heterocycles. The molecular formula is C38H48N3O9P. The Kier molecular flexibility index (Phi) is 11.1. The molecule has 12 nitrogen and oxygen atoms in total. The molecule has 0 heterocycles. The van der Waals surface area contributed by atoms with E-state index in [1.54, 1.807) is 13.0 Å². The second-order valence-electron chi connectivity index (χ2n) is 14.4. The highest BCUT2D eigenvalue weighted by molar-refractivity contribution is 7.64. The highest BCUT2D eigenvalue weighted by atomic mass is 31.1. The minimum Gasteiger partial charge on any atom is -0.508 e. The Labute approximate surface area is 298 Å². The summed E-state index contributed by atoms with van der Waals surface area (Å²) in [7, 11) is 2.78. The first kappa shape index (κ1) is 38.1. The predicted molar refractivity (Wildman–Crippen MR) is 195 cm³/mol. The molecule has 1 fully saturated rings. The smallest absolute Gasteiger partial charge is 0.255 e. The third kappa shape index (κ3) is 6.70. The van der Waals surface area contributed by atoms with Gasteiger partial charge >= 0.3 is 0 Å². The van der Waals surface area contributed by atoms with Crippen LogP contribution in [0.15, 0.2) is 53.3 Å². The van der Waals surface area contributed by atoms with Crippen LogP contribution in [0.3, 0.4) is 0 Å². The molecule has 2 aromatic rings. The molecule has 274 valence electrons. The molecule has 0 unspecified atom stereocenters. The SMILES string of the molecule is C[C@H]1c2ccc(NC(=O)CCCCCCCc3cccc(P(C)C)c3)c(O)c2C(O)=C2C(=O)[C@]3(O)C(O)=C(C(N)=O)C(=O)[C@@H](N(C)C)[C@@H]3[C@@H](O)[C@@H]21. The minimum absolute atomic E-state index is 0.00306. The number of carbonyl (C=O) groups is 4. The van der Waals surface area contributed by atoms with Gasteiger partial charge in [0.05, 0.1) is 29.3 Å². The number of primary amides is 1. The number of aryl methyl sites for hydroxylation is 1. The van der Waals surface area contributed by atoms with E-state index in [1.165, 1.54) is 35.9 Å². The van der Waals surface area contributed by atoms with Gasteiger partial charge in [0.1, 0.15) is 22.8 Å². The largest absolute Gasteiger partial charge is 0.508 e. The number of nitrogens with one attached hydrogen (secondary N) is 1. The minimum atomic E-state index is -3.00. The van der Waals surface area contributed by atoms with E-state index in [2.05, 4.69) is 42.9 Å². The van der Waals surface area contributed by atoms with Gasteiger partial charge in [0, 0.05) is 17.9 Å². The maximum Gasteiger partial charge on any atom is 0.255 e. The number of anilines is 1. The number of aliphatic hydroxyl groups is 4. The van der Waals surface area contributed by atoms with E-state index in [0.29, 0.717) is 12.0 Å². The highest BCUT2D eigenvalue weighted by Crippen LogP contribution is 2.56. The van der Waals surface area contributed by atoms with Crippen LogP contribution in [0.2, 0.25) is 0 Å². The summed E-state index contributed by atoms with van der Waals surface area (Å²) in [5.41, 5.74) is 2.43. The summed E-state index contributed by atoms with van der Waals surface area (Å²) in [5.74, 6) is -10.0. The van der Waals surface area contributed by atoms with Gasteiger partial charge in [0.25, 0.3) is 5.91 Å². The van der Waals surface area contributed by atoms with Gasteiger partial charge in [-0.2, -0.15) is 0 Å². The molecule has 13 heteroatoms. The van der Waals surface area contributed by atoms with Crippen molar-refractivity contribution in [2.24, 2.45) is 17.6 Å². The van der Waals surface area contributed by atoms with Crippen LogP contribution in [-0.2, 0) is 25.6 Å². The van der Waals surface area contributed by atoms with Crippen LogP contribution in [-0.4, -0.2) is 99.0 Å². The number of hydrogen-bond donors (Lipinski definition) is 7. The van der Waals surface area contributed by atoms with Crippen LogP contribution in [0.4, 0.5) is 5.69 Å². The number of likely N-dealkylation sites (N-methyl/N-ethyl adjacent to an activating group) is 1. The van der Waals surface area contributed by atoms with E-state index in [1.807, 2.05) is 0 Å². The average molecular weight is 722 g/mol. The van der Waals surface area contributed by atoms with E-state index in [-0.39, 0.29) is 31.5 Å². The lowest BCUT2D eigenvalue weighted by Crippen LogP contribution is -2.70. The number of benzene rings is 2. The van der Waals surface area contributed by atoms with Crippen LogP contribution in [0, 0.1) is 11.8 Å². The molecule has 0 bridgehead atoms. The van der Waals surface area contributed by atoms with E-state index < -0.39 is 81.4 Å². The Morgan fingerprint density at radius 1 is 1.00 bits per heavy atom. The maximum absolute atomic E-state index is 14.2.